The minimum atomic E-state index is -1.07. The van der Waals surface area contributed by atoms with Crippen molar-refractivity contribution >= 4 is 6.02 Å². The van der Waals surface area contributed by atoms with E-state index in [1.807, 2.05) is 6.07 Å². The lowest BCUT2D eigenvalue weighted by molar-refractivity contribution is 0.218. The average Bonchev–Trinajstić information content (AvgIpc) is 2.86. The average molecular weight is 456 g/mol. The summed E-state index contributed by atoms with van der Waals surface area (Å²) in [4.78, 5) is 12.5. The first-order valence-corrected chi connectivity index (χ1v) is 10.7. The summed E-state index contributed by atoms with van der Waals surface area (Å²) in [6, 6.07) is 15.4. The molecular formula is C26H18F2N4O2. The summed E-state index contributed by atoms with van der Waals surface area (Å²) in [6.45, 7) is 0.279. The summed E-state index contributed by atoms with van der Waals surface area (Å²) in [6.07, 6.45) is 5.08. The lowest BCUT2D eigenvalue weighted by Crippen LogP contribution is -2.38. The maximum atomic E-state index is 15.4. The van der Waals surface area contributed by atoms with Crippen LogP contribution in [0.25, 0.3) is 22.3 Å². The first-order chi connectivity index (χ1) is 16.5. The fourth-order valence-electron chi connectivity index (χ4n) is 4.65. The SMILES string of the molecule is NC1=N[C@]2(CCO1)c1cc(-c3cccnc3F)ccc1Oc1c(F)cc(-c3ccncc3)cc12. The first-order valence-electron chi connectivity index (χ1n) is 10.7. The highest BCUT2D eigenvalue weighted by atomic mass is 19.1. The highest BCUT2D eigenvalue weighted by molar-refractivity contribution is 5.77. The van der Waals surface area contributed by atoms with Gasteiger partial charge < -0.3 is 15.2 Å². The van der Waals surface area contributed by atoms with Crippen LogP contribution in [-0.2, 0) is 10.3 Å². The normalized spacial score (nSPS) is 18.4. The van der Waals surface area contributed by atoms with E-state index in [0.29, 0.717) is 40.0 Å². The van der Waals surface area contributed by atoms with Gasteiger partial charge in [-0.2, -0.15) is 4.39 Å². The van der Waals surface area contributed by atoms with E-state index in [2.05, 4.69) is 9.97 Å². The Morgan fingerprint density at radius 1 is 0.882 bits per heavy atom. The summed E-state index contributed by atoms with van der Waals surface area (Å²) in [5.74, 6) is -0.592. The lowest BCUT2D eigenvalue weighted by atomic mass is 9.76. The number of rotatable bonds is 2. The molecule has 0 amide bonds. The van der Waals surface area contributed by atoms with Crippen molar-refractivity contribution in [2.24, 2.45) is 10.7 Å². The molecule has 1 atom stereocenters. The zero-order valence-corrected chi connectivity index (χ0v) is 17.8. The zero-order valence-electron chi connectivity index (χ0n) is 17.8. The van der Waals surface area contributed by atoms with E-state index in [1.165, 1.54) is 12.3 Å². The number of hydrogen-bond donors (Lipinski definition) is 1. The summed E-state index contributed by atoms with van der Waals surface area (Å²) in [7, 11) is 0. The highest BCUT2D eigenvalue weighted by Crippen LogP contribution is 2.54. The molecule has 0 saturated carbocycles. The number of halogens is 2. The second-order valence-corrected chi connectivity index (χ2v) is 8.13. The Morgan fingerprint density at radius 3 is 2.50 bits per heavy atom. The van der Waals surface area contributed by atoms with E-state index in [-0.39, 0.29) is 18.4 Å². The summed E-state index contributed by atoms with van der Waals surface area (Å²) >= 11 is 0. The van der Waals surface area contributed by atoms with E-state index in [9.17, 15) is 4.39 Å². The number of hydrogen-bond acceptors (Lipinski definition) is 6. The second-order valence-electron chi connectivity index (χ2n) is 8.13. The predicted octanol–water partition coefficient (Wildman–Crippen LogP) is 5.17. The van der Waals surface area contributed by atoms with Crippen molar-refractivity contribution < 1.29 is 18.3 Å². The minimum absolute atomic E-state index is 0.00210. The van der Waals surface area contributed by atoms with Gasteiger partial charge in [-0.05, 0) is 65.2 Å². The van der Waals surface area contributed by atoms with Crippen molar-refractivity contribution in [1.82, 2.24) is 9.97 Å². The van der Waals surface area contributed by atoms with Crippen molar-refractivity contribution in [3.63, 3.8) is 0 Å². The molecule has 168 valence electrons. The van der Waals surface area contributed by atoms with Gasteiger partial charge in [-0.1, -0.05) is 6.07 Å². The quantitative estimate of drug-likeness (QED) is 0.421. The molecule has 4 aromatic rings. The van der Waals surface area contributed by atoms with Gasteiger partial charge >= 0.3 is 0 Å². The van der Waals surface area contributed by atoms with E-state index in [1.54, 1.807) is 54.9 Å². The molecule has 2 aliphatic rings. The molecule has 1 spiro atoms. The lowest BCUT2D eigenvalue weighted by Gasteiger charge is -2.39. The number of aliphatic imine (C=N–C) groups is 1. The van der Waals surface area contributed by atoms with Gasteiger partial charge in [0.05, 0.1) is 6.61 Å². The van der Waals surface area contributed by atoms with Gasteiger partial charge in [-0.15, -0.1) is 0 Å². The van der Waals surface area contributed by atoms with Gasteiger partial charge in [0.15, 0.2) is 11.6 Å². The molecule has 0 saturated heterocycles. The van der Waals surface area contributed by atoms with Crippen LogP contribution in [0.4, 0.5) is 8.78 Å². The summed E-state index contributed by atoms with van der Waals surface area (Å²) in [5, 5.41) is 0. The number of amidine groups is 1. The molecule has 2 aliphatic heterocycles. The Kier molecular flexibility index (Phi) is 4.55. The van der Waals surface area contributed by atoms with Gasteiger partial charge in [-0.25, -0.2) is 14.4 Å². The maximum absolute atomic E-state index is 15.4. The first kappa shape index (κ1) is 20.3. The van der Waals surface area contributed by atoms with Crippen LogP contribution >= 0.6 is 0 Å². The summed E-state index contributed by atoms with van der Waals surface area (Å²) in [5.41, 5.74) is 8.54. The molecule has 34 heavy (non-hydrogen) atoms. The Morgan fingerprint density at radius 2 is 1.71 bits per heavy atom. The fraction of sp³-hybridized carbons (Fsp3) is 0.115. The highest BCUT2D eigenvalue weighted by Gasteiger charge is 2.46. The van der Waals surface area contributed by atoms with Crippen LogP contribution in [0.5, 0.6) is 11.5 Å². The zero-order chi connectivity index (χ0) is 23.3. The van der Waals surface area contributed by atoms with E-state index in [0.717, 1.165) is 5.56 Å². The maximum Gasteiger partial charge on any atom is 0.283 e. The van der Waals surface area contributed by atoms with Crippen LogP contribution in [0.3, 0.4) is 0 Å². The molecule has 0 radical (unpaired) electrons. The smallest absolute Gasteiger partial charge is 0.283 e. The van der Waals surface area contributed by atoms with Crippen LogP contribution in [-0.4, -0.2) is 22.6 Å². The third-order valence-electron chi connectivity index (χ3n) is 6.22. The van der Waals surface area contributed by atoms with E-state index in [4.69, 9.17) is 20.2 Å². The Labute approximate surface area is 193 Å². The van der Waals surface area contributed by atoms with Gasteiger partial charge in [0.2, 0.25) is 5.95 Å². The standard InChI is InChI=1S/C26H18F2N4O2/c27-21-14-17(15-5-9-30-10-6-15)13-20-23(21)34-22-4-3-16(18-2-1-8-31-24(18)28)12-19(22)26(20)7-11-33-25(29)32-26/h1-6,8-10,12-14H,7,11H2,(H2,29,32)/t26-/m1/s1. The fourth-order valence-corrected chi connectivity index (χ4v) is 4.65. The third kappa shape index (κ3) is 3.10. The van der Waals surface area contributed by atoms with Gasteiger partial charge in [0.25, 0.3) is 6.02 Å². The molecule has 2 aromatic heterocycles. The molecule has 8 heteroatoms. The van der Waals surface area contributed by atoms with Crippen molar-refractivity contribution in [2.75, 3.05) is 6.61 Å². The van der Waals surface area contributed by atoms with Crippen molar-refractivity contribution in [1.29, 1.82) is 0 Å². The second kappa shape index (κ2) is 7.62. The Bertz CT molecular complexity index is 1460. The monoisotopic (exact) mass is 456 g/mol. The molecule has 6 nitrogen and oxygen atoms in total. The van der Waals surface area contributed by atoms with Crippen molar-refractivity contribution in [3.8, 4) is 33.8 Å². The van der Waals surface area contributed by atoms with Crippen LogP contribution in [0.15, 0.2) is 78.2 Å². The molecule has 0 aliphatic carbocycles. The van der Waals surface area contributed by atoms with E-state index >= 15 is 4.39 Å². The largest absolute Gasteiger partial charge is 0.465 e. The number of fused-ring (bicyclic) bond motifs is 4. The van der Waals surface area contributed by atoms with Crippen LogP contribution in [0, 0.1) is 11.8 Å². The van der Waals surface area contributed by atoms with E-state index < -0.39 is 17.3 Å². The van der Waals surface area contributed by atoms with Crippen LogP contribution < -0.4 is 10.5 Å². The number of nitrogens with zero attached hydrogens (tertiary/aromatic N) is 3. The molecule has 2 N–H and O–H groups in total. The van der Waals surface area contributed by atoms with Gasteiger partial charge in [0.1, 0.15) is 11.3 Å². The minimum Gasteiger partial charge on any atom is -0.465 e. The molecule has 0 bridgehead atoms. The molecular weight excluding hydrogens is 438 g/mol. The molecule has 4 heterocycles. The number of benzene rings is 2. The van der Waals surface area contributed by atoms with Gasteiger partial charge in [-0.3, -0.25) is 4.98 Å². The predicted molar refractivity (Wildman–Crippen MR) is 122 cm³/mol. The van der Waals surface area contributed by atoms with Gasteiger partial charge in [0, 0.05) is 41.7 Å². The number of pyridine rings is 2. The third-order valence-corrected chi connectivity index (χ3v) is 6.22. The van der Waals surface area contributed by atoms with Crippen LogP contribution in [0.1, 0.15) is 17.5 Å². The topological polar surface area (TPSA) is 82.6 Å². The molecule has 0 unspecified atom stereocenters. The Hall–Kier alpha value is -4.33. The van der Waals surface area contributed by atoms with Crippen molar-refractivity contribution in [2.45, 2.75) is 12.0 Å². The Balaban J connectivity index is 1.61. The molecule has 0 fully saturated rings. The number of aromatic nitrogens is 2. The van der Waals surface area contributed by atoms with Crippen LogP contribution in [0.2, 0.25) is 0 Å². The molecule has 6 rings (SSSR count). The molecule has 2 aromatic carbocycles. The number of nitrogens with two attached hydrogens (primary N) is 1. The summed E-state index contributed by atoms with van der Waals surface area (Å²) < 4.78 is 41.4. The van der Waals surface area contributed by atoms with Crippen molar-refractivity contribution in [3.05, 3.63) is 96.1 Å². The number of ether oxygens (including phenoxy) is 2.